The van der Waals surface area contributed by atoms with Crippen LogP contribution in [-0.4, -0.2) is 55.0 Å². The Morgan fingerprint density at radius 1 is 1.03 bits per heavy atom. The standard InChI is InChI=1S/C22H24ClN3O3S.ClH/c1-4-25(5-2)13-14-26(22-24-19-17(23)7-6-8-18(19)30-22)20(27)15-9-11-16(12-10-15)21(28)29-3;/h6-12H,4-5,13-14H2,1-3H3;1H. The molecule has 6 nitrogen and oxygen atoms in total. The molecule has 166 valence electrons. The number of aromatic nitrogens is 1. The highest BCUT2D eigenvalue weighted by atomic mass is 35.5. The molecule has 0 fully saturated rings. The van der Waals surface area contributed by atoms with Gasteiger partial charge in [0.25, 0.3) is 5.91 Å². The van der Waals surface area contributed by atoms with Gasteiger partial charge >= 0.3 is 5.97 Å². The second-order valence-electron chi connectivity index (χ2n) is 6.64. The Kier molecular flexibility index (Phi) is 9.25. The molecule has 3 aromatic rings. The third-order valence-corrected chi connectivity index (χ3v) is 6.27. The number of thiazole rings is 1. The second-order valence-corrected chi connectivity index (χ2v) is 8.05. The summed E-state index contributed by atoms with van der Waals surface area (Å²) in [5.74, 6) is -0.609. The maximum atomic E-state index is 13.4. The van der Waals surface area contributed by atoms with E-state index in [1.165, 1.54) is 18.4 Å². The van der Waals surface area contributed by atoms with Crippen LogP contribution < -0.4 is 4.90 Å². The van der Waals surface area contributed by atoms with Gasteiger partial charge in [0.15, 0.2) is 5.13 Å². The zero-order chi connectivity index (χ0) is 21.7. The van der Waals surface area contributed by atoms with Gasteiger partial charge in [-0.15, -0.1) is 12.4 Å². The highest BCUT2D eigenvalue weighted by Crippen LogP contribution is 2.33. The third-order valence-electron chi connectivity index (χ3n) is 4.92. The van der Waals surface area contributed by atoms with Crippen molar-refractivity contribution in [3.63, 3.8) is 0 Å². The SMILES string of the molecule is CCN(CC)CCN(C(=O)c1ccc(C(=O)OC)cc1)c1nc2c(Cl)cccc2s1.Cl. The lowest BCUT2D eigenvalue weighted by molar-refractivity contribution is 0.0600. The fourth-order valence-electron chi connectivity index (χ4n) is 3.11. The lowest BCUT2D eigenvalue weighted by atomic mass is 10.1. The number of hydrogen-bond donors (Lipinski definition) is 0. The van der Waals surface area contributed by atoms with Crippen molar-refractivity contribution >= 4 is 62.6 Å². The minimum absolute atomic E-state index is 0. The lowest BCUT2D eigenvalue weighted by Crippen LogP contribution is -2.38. The number of carbonyl (C=O) groups excluding carboxylic acids is 2. The summed E-state index contributed by atoms with van der Waals surface area (Å²) in [5.41, 5.74) is 1.57. The van der Waals surface area contributed by atoms with Crippen LogP contribution in [0.2, 0.25) is 5.02 Å². The average Bonchev–Trinajstić information content (AvgIpc) is 3.21. The fraction of sp³-hybridized carbons (Fsp3) is 0.318. The van der Waals surface area contributed by atoms with Gasteiger partial charge in [0.2, 0.25) is 0 Å². The van der Waals surface area contributed by atoms with Gasteiger partial charge in [0, 0.05) is 18.7 Å². The molecule has 0 unspecified atom stereocenters. The molecule has 1 amide bonds. The number of amides is 1. The van der Waals surface area contributed by atoms with Crippen molar-refractivity contribution in [2.24, 2.45) is 0 Å². The molecule has 0 N–H and O–H groups in total. The summed E-state index contributed by atoms with van der Waals surface area (Å²) in [4.78, 5) is 33.6. The van der Waals surface area contributed by atoms with Crippen molar-refractivity contribution in [1.82, 2.24) is 9.88 Å². The summed E-state index contributed by atoms with van der Waals surface area (Å²) in [6, 6.07) is 12.1. The topological polar surface area (TPSA) is 62.7 Å². The van der Waals surface area contributed by atoms with Crippen LogP contribution in [0.5, 0.6) is 0 Å². The van der Waals surface area contributed by atoms with E-state index in [1.807, 2.05) is 12.1 Å². The normalized spacial score (nSPS) is 10.7. The third kappa shape index (κ3) is 5.74. The van der Waals surface area contributed by atoms with Gasteiger partial charge in [0.1, 0.15) is 5.52 Å². The van der Waals surface area contributed by atoms with Crippen LogP contribution in [0, 0.1) is 0 Å². The van der Waals surface area contributed by atoms with Crippen molar-refractivity contribution < 1.29 is 14.3 Å². The van der Waals surface area contributed by atoms with E-state index >= 15 is 0 Å². The van der Waals surface area contributed by atoms with E-state index < -0.39 is 5.97 Å². The zero-order valence-electron chi connectivity index (χ0n) is 17.6. The largest absolute Gasteiger partial charge is 0.465 e. The van der Waals surface area contributed by atoms with Gasteiger partial charge in [-0.1, -0.05) is 42.9 Å². The smallest absolute Gasteiger partial charge is 0.337 e. The number of likely N-dealkylation sites (N-methyl/N-ethyl adjacent to an activating group) is 1. The number of benzene rings is 2. The Morgan fingerprint density at radius 2 is 1.68 bits per heavy atom. The number of para-hydroxylation sites is 1. The molecule has 0 saturated carbocycles. The van der Waals surface area contributed by atoms with Crippen LogP contribution in [0.15, 0.2) is 42.5 Å². The number of carbonyl (C=O) groups is 2. The van der Waals surface area contributed by atoms with E-state index in [9.17, 15) is 9.59 Å². The predicted octanol–water partition coefficient (Wildman–Crippen LogP) is 5.15. The van der Waals surface area contributed by atoms with Crippen molar-refractivity contribution in [3.8, 4) is 0 Å². The summed E-state index contributed by atoms with van der Waals surface area (Å²) in [5, 5.41) is 1.17. The van der Waals surface area contributed by atoms with E-state index in [1.54, 1.807) is 35.2 Å². The number of halogens is 2. The Hall–Kier alpha value is -2.19. The molecule has 0 spiro atoms. The summed E-state index contributed by atoms with van der Waals surface area (Å²) >= 11 is 7.73. The van der Waals surface area contributed by atoms with Gasteiger partial charge in [-0.25, -0.2) is 9.78 Å². The predicted molar refractivity (Wildman–Crippen MR) is 129 cm³/mol. The first-order chi connectivity index (χ1) is 14.5. The first-order valence-electron chi connectivity index (χ1n) is 9.76. The highest BCUT2D eigenvalue weighted by Gasteiger charge is 2.23. The maximum absolute atomic E-state index is 13.4. The minimum Gasteiger partial charge on any atom is -0.465 e. The van der Waals surface area contributed by atoms with Crippen molar-refractivity contribution in [2.45, 2.75) is 13.8 Å². The fourth-order valence-corrected chi connectivity index (χ4v) is 4.40. The van der Waals surface area contributed by atoms with Gasteiger partial charge in [-0.05, 0) is 49.5 Å². The number of methoxy groups -OCH3 is 1. The van der Waals surface area contributed by atoms with Crippen LogP contribution in [0.25, 0.3) is 10.2 Å². The van der Waals surface area contributed by atoms with Crippen molar-refractivity contribution in [2.75, 3.05) is 38.2 Å². The van der Waals surface area contributed by atoms with Crippen LogP contribution in [0.4, 0.5) is 5.13 Å². The van der Waals surface area contributed by atoms with Crippen LogP contribution in [0.3, 0.4) is 0 Å². The zero-order valence-corrected chi connectivity index (χ0v) is 20.0. The van der Waals surface area contributed by atoms with Gasteiger partial charge < -0.3 is 9.64 Å². The van der Waals surface area contributed by atoms with Crippen LogP contribution in [0.1, 0.15) is 34.6 Å². The number of esters is 1. The molecule has 0 saturated heterocycles. The molecule has 0 atom stereocenters. The number of nitrogens with zero attached hydrogens (tertiary/aromatic N) is 3. The summed E-state index contributed by atoms with van der Waals surface area (Å²) in [7, 11) is 1.33. The minimum atomic E-state index is -0.437. The molecule has 0 aliphatic carbocycles. The molecular weight excluding hydrogens is 457 g/mol. The molecule has 0 aliphatic heterocycles. The number of ether oxygens (including phenoxy) is 1. The summed E-state index contributed by atoms with van der Waals surface area (Å²) in [6.07, 6.45) is 0. The Balaban J connectivity index is 0.00000341. The number of fused-ring (bicyclic) bond motifs is 1. The second kappa shape index (κ2) is 11.4. The first-order valence-corrected chi connectivity index (χ1v) is 11.0. The van der Waals surface area contributed by atoms with Crippen LogP contribution >= 0.6 is 35.3 Å². The monoisotopic (exact) mass is 481 g/mol. The molecule has 0 bridgehead atoms. The van der Waals surface area contributed by atoms with Gasteiger partial charge in [0.05, 0.1) is 22.4 Å². The summed E-state index contributed by atoms with van der Waals surface area (Å²) in [6.45, 7) is 7.22. The van der Waals surface area contributed by atoms with E-state index in [0.29, 0.717) is 33.3 Å². The quantitative estimate of drug-likeness (QED) is 0.416. The molecule has 1 heterocycles. The lowest BCUT2D eigenvalue weighted by Gasteiger charge is -2.24. The molecule has 9 heteroatoms. The average molecular weight is 482 g/mol. The number of hydrogen-bond acceptors (Lipinski definition) is 6. The molecule has 0 aliphatic rings. The molecule has 2 aromatic carbocycles. The molecule has 31 heavy (non-hydrogen) atoms. The van der Waals surface area contributed by atoms with E-state index in [0.717, 1.165) is 24.3 Å². The highest BCUT2D eigenvalue weighted by molar-refractivity contribution is 7.22. The molecular formula is C22H25Cl2N3O3S. The van der Waals surface area contributed by atoms with Gasteiger partial charge in [-0.3, -0.25) is 9.69 Å². The van der Waals surface area contributed by atoms with Crippen molar-refractivity contribution in [1.29, 1.82) is 0 Å². The van der Waals surface area contributed by atoms with Gasteiger partial charge in [-0.2, -0.15) is 0 Å². The number of rotatable bonds is 8. The number of anilines is 1. The Morgan fingerprint density at radius 3 is 2.26 bits per heavy atom. The Labute approximate surface area is 197 Å². The summed E-state index contributed by atoms with van der Waals surface area (Å²) < 4.78 is 5.66. The molecule has 0 radical (unpaired) electrons. The molecule has 1 aromatic heterocycles. The van der Waals surface area contributed by atoms with Crippen LogP contribution in [-0.2, 0) is 4.74 Å². The maximum Gasteiger partial charge on any atom is 0.337 e. The van der Waals surface area contributed by atoms with E-state index in [2.05, 4.69) is 23.7 Å². The Bertz CT molecular complexity index is 1040. The first kappa shape index (κ1) is 25.1. The van der Waals surface area contributed by atoms with E-state index in [4.69, 9.17) is 16.3 Å². The van der Waals surface area contributed by atoms with Crippen molar-refractivity contribution in [3.05, 3.63) is 58.6 Å². The van der Waals surface area contributed by atoms with E-state index in [-0.39, 0.29) is 18.3 Å². The molecule has 3 rings (SSSR count).